The van der Waals surface area contributed by atoms with Gasteiger partial charge in [-0.25, -0.2) is 0 Å². The number of rotatable bonds is 6. The van der Waals surface area contributed by atoms with E-state index >= 15 is 0 Å². The Bertz CT molecular complexity index is 350. The average Bonchev–Trinajstić information content (AvgIpc) is 2.88. The first-order chi connectivity index (χ1) is 8.83. The molecule has 0 unspecified atom stereocenters. The highest BCUT2D eigenvalue weighted by atomic mass is 16.5. The van der Waals surface area contributed by atoms with Crippen molar-refractivity contribution in [2.24, 2.45) is 0 Å². The van der Waals surface area contributed by atoms with E-state index in [1.807, 2.05) is 0 Å². The summed E-state index contributed by atoms with van der Waals surface area (Å²) in [6.45, 7) is 5.87. The van der Waals surface area contributed by atoms with E-state index in [4.69, 9.17) is 14.4 Å². The maximum Gasteiger partial charge on any atom is 0.229 e. The van der Waals surface area contributed by atoms with Gasteiger partial charge in [0.2, 0.25) is 5.89 Å². The van der Waals surface area contributed by atoms with Gasteiger partial charge in [0.1, 0.15) is 0 Å². The maximum atomic E-state index is 8.94. The van der Waals surface area contributed by atoms with Crippen molar-refractivity contribution in [2.45, 2.75) is 32.2 Å². The van der Waals surface area contributed by atoms with Crippen LogP contribution in [0.4, 0.5) is 0 Å². The lowest BCUT2D eigenvalue weighted by Gasteiger charge is -2.18. The zero-order valence-electron chi connectivity index (χ0n) is 10.8. The van der Waals surface area contributed by atoms with E-state index in [1.54, 1.807) is 0 Å². The molecule has 2 heterocycles. The molecule has 6 heteroatoms. The van der Waals surface area contributed by atoms with E-state index in [9.17, 15) is 0 Å². The normalized spacial score (nSPS) is 17.5. The maximum absolute atomic E-state index is 8.94. The van der Waals surface area contributed by atoms with Gasteiger partial charge in [-0.2, -0.15) is 4.98 Å². The lowest BCUT2D eigenvalue weighted by atomic mass is 10.0. The number of nitrogens with zero attached hydrogens (tertiary/aromatic N) is 3. The molecule has 0 aromatic carbocycles. The Morgan fingerprint density at radius 1 is 1.39 bits per heavy atom. The Kier molecular flexibility index (Phi) is 5.10. The standard InChI is InChI=1S/C12H21N3O3/c1-2-15(5-6-16)9-11-13-12(18-14-11)10-3-7-17-8-4-10/h10,16H,2-9H2,1H3. The molecule has 0 aliphatic carbocycles. The van der Waals surface area contributed by atoms with Crippen molar-refractivity contribution in [1.29, 1.82) is 0 Å². The summed E-state index contributed by atoms with van der Waals surface area (Å²) in [7, 11) is 0. The number of aliphatic hydroxyl groups excluding tert-OH is 1. The van der Waals surface area contributed by atoms with E-state index in [2.05, 4.69) is 22.0 Å². The molecule has 0 atom stereocenters. The first kappa shape index (κ1) is 13.5. The molecular weight excluding hydrogens is 234 g/mol. The molecule has 1 aromatic heterocycles. The smallest absolute Gasteiger partial charge is 0.229 e. The lowest BCUT2D eigenvalue weighted by molar-refractivity contribution is 0.0778. The first-order valence-electron chi connectivity index (χ1n) is 6.57. The molecule has 0 radical (unpaired) electrons. The molecule has 1 N–H and O–H groups in total. The first-order valence-corrected chi connectivity index (χ1v) is 6.57. The fraction of sp³-hybridized carbons (Fsp3) is 0.833. The highest BCUT2D eigenvalue weighted by molar-refractivity contribution is 4.95. The summed E-state index contributed by atoms with van der Waals surface area (Å²) in [5, 5.41) is 12.9. The van der Waals surface area contributed by atoms with Gasteiger partial charge in [-0.05, 0) is 19.4 Å². The van der Waals surface area contributed by atoms with Crippen LogP contribution in [0.25, 0.3) is 0 Å². The summed E-state index contributed by atoms with van der Waals surface area (Å²) >= 11 is 0. The number of hydrogen-bond donors (Lipinski definition) is 1. The molecule has 0 saturated carbocycles. The second-order valence-corrected chi connectivity index (χ2v) is 4.53. The van der Waals surface area contributed by atoms with Crippen LogP contribution in [0.2, 0.25) is 0 Å². The van der Waals surface area contributed by atoms with Crippen LogP contribution in [0.3, 0.4) is 0 Å². The summed E-state index contributed by atoms with van der Waals surface area (Å²) in [6, 6.07) is 0. The third kappa shape index (κ3) is 3.51. The molecule has 0 amide bonds. The molecule has 6 nitrogen and oxygen atoms in total. The number of likely N-dealkylation sites (N-methyl/N-ethyl adjacent to an activating group) is 1. The van der Waals surface area contributed by atoms with Crippen molar-refractivity contribution in [1.82, 2.24) is 15.0 Å². The molecule has 1 saturated heterocycles. The molecule has 1 aliphatic rings. The Labute approximate surface area is 107 Å². The van der Waals surface area contributed by atoms with E-state index in [0.29, 0.717) is 24.8 Å². The van der Waals surface area contributed by atoms with Crippen LogP contribution in [0.15, 0.2) is 4.52 Å². The Morgan fingerprint density at radius 3 is 2.83 bits per heavy atom. The summed E-state index contributed by atoms with van der Waals surface area (Å²) in [5.74, 6) is 1.77. The van der Waals surface area contributed by atoms with Gasteiger partial charge in [0, 0.05) is 25.7 Å². The second kappa shape index (κ2) is 6.82. The molecule has 0 spiro atoms. The minimum atomic E-state index is 0.151. The Hall–Kier alpha value is -0.980. The summed E-state index contributed by atoms with van der Waals surface area (Å²) in [4.78, 5) is 6.53. The van der Waals surface area contributed by atoms with Crippen LogP contribution in [-0.2, 0) is 11.3 Å². The number of aromatic nitrogens is 2. The van der Waals surface area contributed by atoms with Crippen molar-refractivity contribution in [3.63, 3.8) is 0 Å². The highest BCUT2D eigenvalue weighted by Gasteiger charge is 2.22. The molecule has 1 fully saturated rings. The fourth-order valence-electron chi connectivity index (χ4n) is 2.13. The van der Waals surface area contributed by atoms with Crippen LogP contribution in [0, 0.1) is 0 Å². The molecule has 1 aliphatic heterocycles. The highest BCUT2D eigenvalue weighted by Crippen LogP contribution is 2.25. The van der Waals surface area contributed by atoms with E-state index in [1.165, 1.54) is 0 Å². The quantitative estimate of drug-likeness (QED) is 0.810. The molecular formula is C12H21N3O3. The van der Waals surface area contributed by atoms with E-state index in [0.717, 1.165) is 38.5 Å². The number of ether oxygens (including phenoxy) is 1. The molecule has 2 rings (SSSR count). The predicted octanol–water partition coefficient (Wildman–Crippen LogP) is 0.778. The largest absolute Gasteiger partial charge is 0.395 e. The zero-order valence-corrected chi connectivity index (χ0v) is 10.8. The minimum absolute atomic E-state index is 0.151. The summed E-state index contributed by atoms with van der Waals surface area (Å²) in [6.07, 6.45) is 1.91. The van der Waals surface area contributed by atoms with Crippen LogP contribution in [-0.4, -0.2) is 53.1 Å². The SMILES string of the molecule is CCN(CCO)Cc1noc(C2CCOCC2)n1. The fourth-order valence-corrected chi connectivity index (χ4v) is 2.13. The lowest BCUT2D eigenvalue weighted by Crippen LogP contribution is -2.26. The zero-order chi connectivity index (χ0) is 12.8. The molecule has 0 bridgehead atoms. The monoisotopic (exact) mass is 255 g/mol. The second-order valence-electron chi connectivity index (χ2n) is 4.53. The van der Waals surface area contributed by atoms with Gasteiger partial charge < -0.3 is 14.4 Å². The molecule has 1 aromatic rings. The van der Waals surface area contributed by atoms with Gasteiger partial charge in [0.05, 0.1) is 13.2 Å². The van der Waals surface area contributed by atoms with Crippen molar-refractivity contribution < 1.29 is 14.4 Å². The topological polar surface area (TPSA) is 71.6 Å². The van der Waals surface area contributed by atoms with Crippen molar-refractivity contribution in [3.05, 3.63) is 11.7 Å². The third-order valence-electron chi connectivity index (χ3n) is 3.28. The van der Waals surface area contributed by atoms with Crippen molar-refractivity contribution in [3.8, 4) is 0 Å². The van der Waals surface area contributed by atoms with Gasteiger partial charge in [0.25, 0.3) is 0 Å². The number of hydrogen-bond acceptors (Lipinski definition) is 6. The number of aliphatic hydroxyl groups is 1. The van der Waals surface area contributed by atoms with E-state index in [-0.39, 0.29) is 6.61 Å². The van der Waals surface area contributed by atoms with Crippen molar-refractivity contribution >= 4 is 0 Å². The minimum Gasteiger partial charge on any atom is -0.395 e. The third-order valence-corrected chi connectivity index (χ3v) is 3.28. The summed E-state index contributed by atoms with van der Waals surface area (Å²) in [5.41, 5.74) is 0. The van der Waals surface area contributed by atoms with Gasteiger partial charge >= 0.3 is 0 Å². The predicted molar refractivity (Wildman–Crippen MR) is 65.1 cm³/mol. The van der Waals surface area contributed by atoms with Gasteiger partial charge in [-0.1, -0.05) is 12.1 Å². The molecule has 18 heavy (non-hydrogen) atoms. The van der Waals surface area contributed by atoms with Crippen LogP contribution >= 0.6 is 0 Å². The average molecular weight is 255 g/mol. The van der Waals surface area contributed by atoms with Gasteiger partial charge in [-0.15, -0.1) is 0 Å². The van der Waals surface area contributed by atoms with E-state index < -0.39 is 0 Å². The van der Waals surface area contributed by atoms with Gasteiger partial charge in [-0.3, -0.25) is 4.90 Å². The Balaban J connectivity index is 1.92. The van der Waals surface area contributed by atoms with Crippen LogP contribution in [0.1, 0.15) is 37.4 Å². The Morgan fingerprint density at radius 2 is 2.17 bits per heavy atom. The van der Waals surface area contributed by atoms with Crippen LogP contribution < -0.4 is 0 Å². The summed E-state index contributed by atoms with van der Waals surface area (Å²) < 4.78 is 10.6. The van der Waals surface area contributed by atoms with Crippen LogP contribution in [0.5, 0.6) is 0 Å². The molecule has 102 valence electrons. The van der Waals surface area contributed by atoms with Crippen molar-refractivity contribution in [2.75, 3.05) is 32.9 Å². The van der Waals surface area contributed by atoms with Gasteiger partial charge in [0.15, 0.2) is 5.82 Å².